The Hall–Kier alpha value is -2.80. The molecule has 1 radical (unpaired) electrons. The van der Waals surface area contributed by atoms with Crippen LogP contribution in [0.2, 0.25) is 5.02 Å². The van der Waals surface area contributed by atoms with Gasteiger partial charge in [-0.05, 0) is 30.3 Å². The van der Waals surface area contributed by atoms with Crippen molar-refractivity contribution in [3.63, 3.8) is 0 Å². The standard InChI is InChI=1S/C15H5ClN3/c16-14-6-10(7-17)4-5-13(14)15-11(8-18)2-1-3-12(15)9-19/h2-6H. The van der Waals surface area contributed by atoms with Gasteiger partial charge in [0.25, 0.3) is 0 Å². The lowest BCUT2D eigenvalue weighted by Crippen LogP contribution is -1.91. The first-order valence-electron chi connectivity index (χ1n) is 5.25. The topological polar surface area (TPSA) is 71.4 Å². The molecule has 0 bridgehead atoms. The minimum atomic E-state index is 0.325. The Bertz CT molecular complexity index is 741. The lowest BCUT2D eigenvalue weighted by molar-refractivity contribution is 1.43. The molecule has 0 spiro atoms. The van der Waals surface area contributed by atoms with E-state index in [-0.39, 0.29) is 0 Å². The van der Waals surface area contributed by atoms with Gasteiger partial charge in [0.1, 0.15) is 0 Å². The number of hydrogen-bond donors (Lipinski definition) is 0. The van der Waals surface area contributed by atoms with Crippen molar-refractivity contribution < 1.29 is 0 Å². The van der Waals surface area contributed by atoms with E-state index >= 15 is 0 Å². The molecule has 0 atom stereocenters. The van der Waals surface area contributed by atoms with Crippen molar-refractivity contribution in [3.8, 4) is 29.3 Å². The molecule has 0 saturated carbocycles. The van der Waals surface area contributed by atoms with E-state index < -0.39 is 0 Å². The molecule has 0 heterocycles. The van der Waals surface area contributed by atoms with Gasteiger partial charge in [-0.25, -0.2) is 0 Å². The molecule has 0 fully saturated rings. The van der Waals surface area contributed by atoms with Crippen LogP contribution in [0, 0.1) is 40.1 Å². The summed E-state index contributed by atoms with van der Waals surface area (Å²) in [6, 6.07) is 16.5. The minimum Gasteiger partial charge on any atom is -0.192 e. The number of nitrogens with zero attached hydrogens (tertiary/aromatic N) is 3. The van der Waals surface area contributed by atoms with E-state index in [1.54, 1.807) is 12.1 Å². The maximum atomic E-state index is 9.12. The van der Waals surface area contributed by atoms with Gasteiger partial charge >= 0.3 is 0 Å². The summed E-state index contributed by atoms with van der Waals surface area (Å²) >= 11 is 6.12. The van der Waals surface area contributed by atoms with E-state index in [1.165, 1.54) is 18.2 Å². The van der Waals surface area contributed by atoms with Crippen molar-refractivity contribution >= 4 is 11.6 Å². The molecule has 0 amide bonds. The molecule has 2 aromatic rings. The highest BCUT2D eigenvalue weighted by molar-refractivity contribution is 6.33. The van der Waals surface area contributed by atoms with Crippen LogP contribution in [0.3, 0.4) is 0 Å². The molecule has 0 aromatic heterocycles. The van der Waals surface area contributed by atoms with Crippen LogP contribution < -0.4 is 0 Å². The van der Waals surface area contributed by atoms with Crippen molar-refractivity contribution in [2.75, 3.05) is 0 Å². The Balaban J connectivity index is 2.77. The van der Waals surface area contributed by atoms with Crippen LogP contribution >= 0.6 is 11.6 Å². The molecule has 19 heavy (non-hydrogen) atoms. The summed E-state index contributed by atoms with van der Waals surface area (Å²) in [5.41, 5.74) is 2.10. The fourth-order valence-corrected chi connectivity index (χ4v) is 2.03. The lowest BCUT2D eigenvalue weighted by Gasteiger charge is -2.08. The third-order valence-corrected chi connectivity index (χ3v) is 2.92. The van der Waals surface area contributed by atoms with Crippen LogP contribution in [0.25, 0.3) is 11.1 Å². The van der Waals surface area contributed by atoms with Crippen molar-refractivity contribution in [3.05, 3.63) is 58.1 Å². The quantitative estimate of drug-likeness (QED) is 0.790. The van der Waals surface area contributed by atoms with Crippen LogP contribution in [-0.4, -0.2) is 0 Å². The summed E-state index contributed by atoms with van der Waals surface area (Å²) < 4.78 is 0. The minimum absolute atomic E-state index is 0.325. The highest BCUT2D eigenvalue weighted by atomic mass is 35.5. The van der Waals surface area contributed by atoms with E-state index in [9.17, 15) is 0 Å². The van der Waals surface area contributed by atoms with Crippen LogP contribution in [0.5, 0.6) is 0 Å². The molecular formula is C15H5ClN3. The van der Waals surface area contributed by atoms with Crippen molar-refractivity contribution in [2.24, 2.45) is 0 Å². The summed E-state index contributed by atoms with van der Waals surface area (Å²) in [6.07, 6.45) is 0. The molecule has 0 aliphatic heterocycles. The molecule has 4 heteroatoms. The Labute approximate surface area is 115 Å². The highest BCUT2D eigenvalue weighted by Crippen LogP contribution is 2.33. The molecule has 0 saturated heterocycles. The van der Waals surface area contributed by atoms with Gasteiger partial charge in [0.05, 0.1) is 34.9 Å². The van der Waals surface area contributed by atoms with Gasteiger partial charge in [-0.1, -0.05) is 17.7 Å². The second-order valence-corrected chi connectivity index (χ2v) is 4.09. The lowest BCUT2D eigenvalue weighted by atomic mass is 9.95. The van der Waals surface area contributed by atoms with Gasteiger partial charge in [0.15, 0.2) is 0 Å². The van der Waals surface area contributed by atoms with Crippen LogP contribution in [-0.2, 0) is 0 Å². The van der Waals surface area contributed by atoms with Crippen molar-refractivity contribution in [1.82, 2.24) is 0 Å². The normalized spacial score (nSPS) is 9.16. The Morgan fingerprint density at radius 2 is 1.58 bits per heavy atom. The maximum Gasteiger partial charge on any atom is 0.0998 e. The third kappa shape index (κ3) is 2.26. The molecule has 2 rings (SSSR count). The number of hydrogen-bond acceptors (Lipinski definition) is 3. The average molecular weight is 263 g/mol. The molecular weight excluding hydrogens is 258 g/mol. The SMILES string of the molecule is N#Cc1ccc(-c2c(C#N)c[c]cc2C#N)c(Cl)c1. The van der Waals surface area contributed by atoms with Crippen LogP contribution in [0.4, 0.5) is 0 Å². The van der Waals surface area contributed by atoms with E-state index in [2.05, 4.69) is 6.07 Å². The maximum absolute atomic E-state index is 9.12. The van der Waals surface area contributed by atoms with Gasteiger partial charge in [0.2, 0.25) is 0 Å². The summed E-state index contributed by atoms with van der Waals surface area (Å²) in [5, 5.41) is 27.4. The first-order chi connectivity index (χ1) is 9.21. The highest BCUT2D eigenvalue weighted by Gasteiger charge is 2.14. The van der Waals surface area contributed by atoms with Gasteiger partial charge in [0, 0.05) is 16.1 Å². The smallest absolute Gasteiger partial charge is 0.0998 e. The zero-order valence-electron chi connectivity index (χ0n) is 9.61. The summed E-state index contributed by atoms with van der Waals surface area (Å²) in [6.45, 7) is 0. The molecule has 2 aromatic carbocycles. The van der Waals surface area contributed by atoms with Gasteiger partial charge in [-0.15, -0.1) is 0 Å². The predicted molar refractivity (Wildman–Crippen MR) is 69.9 cm³/mol. The van der Waals surface area contributed by atoms with Crippen molar-refractivity contribution in [2.45, 2.75) is 0 Å². The van der Waals surface area contributed by atoms with E-state index in [0.29, 0.717) is 32.8 Å². The monoisotopic (exact) mass is 262 g/mol. The number of halogens is 1. The molecule has 0 aliphatic rings. The molecule has 87 valence electrons. The zero-order chi connectivity index (χ0) is 13.8. The van der Waals surface area contributed by atoms with E-state index in [1.807, 2.05) is 18.2 Å². The van der Waals surface area contributed by atoms with Gasteiger partial charge < -0.3 is 0 Å². The second kappa shape index (κ2) is 5.23. The first-order valence-corrected chi connectivity index (χ1v) is 5.63. The Morgan fingerprint density at radius 3 is 2.05 bits per heavy atom. The second-order valence-electron chi connectivity index (χ2n) is 3.69. The zero-order valence-corrected chi connectivity index (χ0v) is 10.4. The number of nitriles is 3. The summed E-state index contributed by atoms with van der Waals surface area (Å²) in [5.74, 6) is 0. The van der Waals surface area contributed by atoms with Crippen LogP contribution in [0.1, 0.15) is 16.7 Å². The fraction of sp³-hybridized carbons (Fsp3) is 0. The molecule has 0 unspecified atom stereocenters. The summed E-state index contributed by atoms with van der Waals surface area (Å²) in [7, 11) is 0. The van der Waals surface area contributed by atoms with Crippen molar-refractivity contribution in [1.29, 1.82) is 15.8 Å². The number of rotatable bonds is 1. The third-order valence-electron chi connectivity index (χ3n) is 2.60. The fourth-order valence-electron chi connectivity index (χ4n) is 1.75. The Morgan fingerprint density at radius 1 is 0.947 bits per heavy atom. The van der Waals surface area contributed by atoms with E-state index in [0.717, 1.165) is 0 Å². The average Bonchev–Trinajstić information content (AvgIpc) is 2.46. The summed E-state index contributed by atoms with van der Waals surface area (Å²) in [4.78, 5) is 0. The molecule has 3 nitrogen and oxygen atoms in total. The van der Waals surface area contributed by atoms with Gasteiger partial charge in [-0.2, -0.15) is 15.8 Å². The molecule has 0 N–H and O–H groups in total. The van der Waals surface area contributed by atoms with Gasteiger partial charge in [-0.3, -0.25) is 0 Å². The predicted octanol–water partition coefficient (Wildman–Crippen LogP) is 3.42. The Kier molecular flexibility index (Phi) is 3.48. The number of benzene rings is 2. The first kappa shape index (κ1) is 12.7. The van der Waals surface area contributed by atoms with Crippen LogP contribution in [0.15, 0.2) is 30.3 Å². The van der Waals surface area contributed by atoms with E-state index in [4.69, 9.17) is 27.4 Å². The molecule has 0 aliphatic carbocycles. The largest absolute Gasteiger partial charge is 0.192 e.